The van der Waals surface area contributed by atoms with Crippen molar-refractivity contribution in [3.8, 4) is 0 Å². The highest BCUT2D eigenvalue weighted by Gasteiger charge is 2.03. The van der Waals surface area contributed by atoms with Gasteiger partial charge in [0, 0.05) is 26.0 Å². The van der Waals surface area contributed by atoms with E-state index >= 15 is 0 Å². The van der Waals surface area contributed by atoms with Crippen LogP contribution in [0.5, 0.6) is 0 Å². The van der Waals surface area contributed by atoms with Gasteiger partial charge in [0.2, 0.25) is 0 Å². The normalized spacial score (nSPS) is 13.2. The van der Waals surface area contributed by atoms with E-state index in [2.05, 4.69) is 19.6 Å². The van der Waals surface area contributed by atoms with Crippen molar-refractivity contribution >= 4 is 12.6 Å². The third-order valence-corrected chi connectivity index (χ3v) is 2.46. The molecule has 0 saturated carbocycles. The summed E-state index contributed by atoms with van der Waals surface area (Å²) in [6.07, 6.45) is 3.58. The Bertz CT molecular complexity index is 302. The molecule has 0 aliphatic heterocycles. The molecule has 0 radical (unpaired) electrons. The first kappa shape index (κ1) is 9.45. The largest absolute Gasteiger partial charge is 0.327 e. The molecule has 0 aromatic carbocycles. The SMILES string of the molecule is CC(CS)Cn1ccn(C)c1=O. The Morgan fingerprint density at radius 1 is 1.58 bits per heavy atom. The van der Waals surface area contributed by atoms with Crippen LogP contribution < -0.4 is 5.69 Å². The number of thiol groups is 1. The van der Waals surface area contributed by atoms with E-state index in [1.807, 2.05) is 6.20 Å². The van der Waals surface area contributed by atoms with Crippen molar-refractivity contribution in [2.75, 3.05) is 5.75 Å². The van der Waals surface area contributed by atoms with Crippen LogP contribution in [0.15, 0.2) is 17.2 Å². The van der Waals surface area contributed by atoms with Gasteiger partial charge >= 0.3 is 5.69 Å². The fourth-order valence-corrected chi connectivity index (χ4v) is 1.16. The first-order valence-corrected chi connectivity index (χ1v) is 4.61. The zero-order chi connectivity index (χ0) is 9.14. The second-order valence-corrected chi connectivity index (χ2v) is 3.50. The number of hydrogen-bond donors (Lipinski definition) is 1. The van der Waals surface area contributed by atoms with Gasteiger partial charge in [-0.15, -0.1) is 0 Å². The predicted octanol–water partition coefficient (Wildman–Crippen LogP) is 0.753. The molecule has 0 spiro atoms. The molecule has 4 heteroatoms. The van der Waals surface area contributed by atoms with Crippen molar-refractivity contribution in [2.45, 2.75) is 13.5 Å². The van der Waals surface area contributed by atoms with Crippen LogP contribution in [0.2, 0.25) is 0 Å². The Balaban J connectivity index is 2.76. The zero-order valence-corrected chi connectivity index (χ0v) is 8.29. The highest BCUT2D eigenvalue weighted by Crippen LogP contribution is 1.99. The highest BCUT2D eigenvalue weighted by molar-refractivity contribution is 7.80. The predicted molar refractivity (Wildman–Crippen MR) is 52.7 cm³/mol. The zero-order valence-electron chi connectivity index (χ0n) is 7.40. The van der Waals surface area contributed by atoms with Gasteiger partial charge in [-0.05, 0) is 11.7 Å². The van der Waals surface area contributed by atoms with E-state index in [0.29, 0.717) is 5.92 Å². The highest BCUT2D eigenvalue weighted by atomic mass is 32.1. The van der Waals surface area contributed by atoms with Gasteiger partial charge in [0.15, 0.2) is 0 Å². The van der Waals surface area contributed by atoms with E-state index < -0.39 is 0 Å². The van der Waals surface area contributed by atoms with Gasteiger partial charge in [-0.3, -0.25) is 4.57 Å². The summed E-state index contributed by atoms with van der Waals surface area (Å²) >= 11 is 4.16. The molecule has 1 unspecified atom stereocenters. The second-order valence-electron chi connectivity index (χ2n) is 3.13. The van der Waals surface area contributed by atoms with Gasteiger partial charge in [0.05, 0.1) is 0 Å². The van der Waals surface area contributed by atoms with Crippen LogP contribution >= 0.6 is 12.6 Å². The van der Waals surface area contributed by atoms with Crippen LogP contribution in [0.4, 0.5) is 0 Å². The molecule has 1 heterocycles. The summed E-state index contributed by atoms with van der Waals surface area (Å²) in [6.45, 7) is 2.83. The lowest BCUT2D eigenvalue weighted by atomic mass is 10.2. The average molecular weight is 186 g/mol. The number of rotatable bonds is 3. The summed E-state index contributed by atoms with van der Waals surface area (Å²) in [6, 6.07) is 0. The molecule has 1 aromatic rings. The van der Waals surface area contributed by atoms with Gasteiger partial charge < -0.3 is 4.57 Å². The monoisotopic (exact) mass is 186 g/mol. The maximum Gasteiger partial charge on any atom is 0.327 e. The first-order valence-electron chi connectivity index (χ1n) is 3.97. The van der Waals surface area contributed by atoms with Gasteiger partial charge in [0.25, 0.3) is 0 Å². The van der Waals surface area contributed by atoms with Crippen LogP contribution in [-0.2, 0) is 13.6 Å². The molecule has 0 bridgehead atoms. The average Bonchev–Trinajstić information content (AvgIpc) is 2.36. The number of hydrogen-bond acceptors (Lipinski definition) is 2. The van der Waals surface area contributed by atoms with Crippen molar-refractivity contribution in [3.05, 3.63) is 22.9 Å². The van der Waals surface area contributed by atoms with Crippen LogP contribution in [-0.4, -0.2) is 14.9 Å². The maximum absolute atomic E-state index is 11.3. The summed E-state index contributed by atoms with van der Waals surface area (Å²) in [4.78, 5) is 11.3. The van der Waals surface area contributed by atoms with Crippen LogP contribution in [0.25, 0.3) is 0 Å². The molecular formula is C8H14N2OS. The van der Waals surface area contributed by atoms with E-state index in [4.69, 9.17) is 0 Å². The maximum atomic E-state index is 11.3. The van der Waals surface area contributed by atoms with E-state index in [1.165, 1.54) is 0 Å². The van der Waals surface area contributed by atoms with E-state index in [9.17, 15) is 4.79 Å². The number of imidazole rings is 1. The molecule has 1 atom stereocenters. The molecule has 68 valence electrons. The molecule has 0 saturated heterocycles. The molecule has 12 heavy (non-hydrogen) atoms. The fraction of sp³-hybridized carbons (Fsp3) is 0.625. The van der Waals surface area contributed by atoms with Crippen molar-refractivity contribution in [1.29, 1.82) is 0 Å². The molecule has 0 amide bonds. The molecule has 1 rings (SSSR count). The lowest BCUT2D eigenvalue weighted by Crippen LogP contribution is -2.24. The lowest BCUT2D eigenvalue weighted by molar-refractivity contribution is 0.514. The standard InChI is InChI=1S/C8H14N2OS/c1-7(6-12)5-10-4-3-9(2)8(10)11/h3-4,7,12H,5-6H2,1-2H3. The Hall–Kier alpha value is -0.640. The second kappa shape index (κ2) is 3.85. The number of aryl methyl sites for hydroxylation is 1. The minimum atomic E-state index is 0.0450. The van der Waals surface area contributed by atoms with Gasteiger partial charge in [-0.1, -0.05) is 6.92 Å². The first-order chi connectivity index (χ1) is 5.65. The minimum absolute atomic E-state index is 0.0450. The number of nitrogens with zero attached hydrogens (tertiary/aromatic N) is 2. The van der Waals surface area contributed by atoms with Crippen molar-refractivity contribution in [1.82, 2.24) is 9.13 Å². The molecule has 1 aromatic heterocycles. The molecule has 0 aliphatic carbocycles. The molecule has 0 aliphatic rings. The Morgan fingerprint density at radius 2 is 2.25 bits per heavy atom. The van der Waals surface area contributed by atoms with Crippen LogP contribution in [0.1, 0.15) is 6.92 Å². The van der Waals surface area contributed by atoms with Crippen LogP contribution in [0.3, 0.4) is 0 Å². The van der Waals surface area contributed by atoms with Crippen molar-refractivity contribution in [3.63, 3.8) is 0 Å². The molecule has 0 N–H and O–H groups in total. The fourth-order valence-electron chi connectivity index (χ4n) is 1.04. The summed E-state index contributed by atoms with van der Waals surface area (Å²) in [7, 11) is 1.75. The Labute approximate surface area is 77.4 Å². The molecular weight excluding hydrogens is 172 g/mol. The Morgan fingerprint density at radius 3 is 2.67 bits per heavy atom. The number of aromatic nitrogens is 2. The van der Waals surface area contributed by atoms with E-state index in [1.54, 1.807) is 22.4 Å². The van der Waals surface area contributed by atoms with Gasteiger partial charge in [-0.25, -0.2) is 4.79 Å². The summed E-state index contributed by atoms with van der Waals surface area (Å²) in [5.41, 5.74) is 0.0450. The van der Waals surface area contributed by atoms with Crippen molar-refractivity contribution in [2.24, 2.45) is 13.0 Å². The third kappa shape index (κ3) is 1.94. The quantitative estimate of drug-likeness (QED) is 0.693. The van der Waals surface area contributed by atoms with Crippen molar-refractivity contribution < 1.29 is 0 Å². The third-order valence-electron chi connectivity index (χ3n) is 1.84. The lowest BCUT2D eigenvalue weighted by Gasteiger charge is -2.06. The van der Waals surface area contributed by atoms with Crippen LogP contribution in [0, 0.1) is 5.92 Å². The molecule has 0 fully saturated rings. The van der Waals surface area contributed by atoms with E-state index in [-0.39, 0.29) is 5.69 Å². The smallest absolute Gasteiger partial charge is 0.302 e. The van der Waals surface area contributed by atoms with Gasteiger partial charge in [-0.2, -0.15) is 12.6 Å². The summed E-state index contributed by atoms with van der Waals surface area (Å²) in [5.74, 6) is 1.25. The molecule has 3 nitrogen and oxygen atoms in total. The topological polar surface area (TPSA) is 26.9 Å². The minimum Gasteiger partial charge on any atom is -0.302 e. The Kier molecular flexibility index (Phi) is 3.03. The summed E-state index contributed by atoms with van der Waals surface area (Å²) in [5, 5.41) is 0. The summed E-state index contributed by atoms with van der Waals surface area (Å²) < 4.78 is 3.28. The van der Waals surface area contributed by atoms with Gasteiger partial charge in [0.1, 0.15) is 0 Å². The van der Waals surface area contributed by atoms with E-state index in [0.717, 1.165) is 12.3 Å².